The van der Waals surface area contributed by atoms with Gasteiger partial charge in [0, 0.05) is 43.6 Å². The van der Waals surface area contributed by atoms with E-state index < -0.39 is 0 Å². The molecule has 1 aliphatic heterocycles. The van der Waals surface area contributed by atoms with Gasteiger partial charge in [-0.25, -0.2) is 4.79 Å². The van der Waals surface area contributed by atoms with Gasteiger partial charge in [-0.2, -0.15) is 0 Å². The number of aryl methyl sites for hydroxylation is 1. The topological polar surface area (TPSA) is 44.8 Å². The molecule has 132 valence electrons. The second-order valence-corrected chi connectivity index (χ2v) is 6.20. The molecule has 2 aromatic carbocycles. The molecular formula is C20H25N3O2. The molecule has 0 unspecified atom stereocenters. The molecule has 3 rings (SSSR count). The lowest BCUT2D eigenvalue weighted by molar-refractivity contribution is 0.208. The molecule has 5 nitrogen and oxygen atoms in total. The zero-order valence-electron chi connectivity index (χ0n) is 14.9. The van der Waals surface area contributed by atoms with Crippen molar-refractivity contribution in [1.82, 2.24) is 4.90 Å². The number of carbonyl (C=O) groups excluding carboxylic acids is 1. The normalized spacial score (nSPS) is 14.3. The molecule has 1 heterocycles. The van der Waals surface area contributed by atoms with Crippen molar-refractivity contribution in [2.24, 2.45) is 0 Å². The molecule has 1 aliphatic rings. The number of hydrogen-bond acceptors (Lipinski definition) is 3. The minimum atomic E-state index is -0.0578. The van der Waals surface area contributed by atoms with Crippen LogP contribution in [0.2, 0.25) is 0 Å². The fourth-order valence-corrected chi connectivity index (χ4v) is 3.03. The molecule has 0 atom stereocenters. The number of benzene rings is 2. The number of amides is 2. The molecule has 2 amide bonds. The summed E-state index contributed by atoms with van der Waals surface area (Å²) in [6, 6.07) is 15.9. The van der Waals surface area contributed by atoms with Gasteiger partial charge in [0.2, 0.25) is 0 Å². The zero-order valence-corrected chi connectivity index (χ0v) is 14.9. The minimum absolute atomic E-state index is 0.0578. The second kappa shape index (κ2) is 7.92. The van der Waals surface area contributed by atoms with Crippen molar-refractivity contribution >= 4 is 17.4 Å². The first-order chi connectivity index (χ1) is 12.2. The summed E-state index contributed by atoms with van der Waals surface area (Å²) in [6.45, 7) is 7.77. The van der Waals surface area contributed by atoms with Gasteiger partial charge in [-0.1, -0.05) is 18.2 Å². The summed E-state index contributed by atoms with van der Waals surface area (Å²) >= 11 is 0. The molecule has 0 aromatic heterocycles. The molecule has 2 aromatic rings. The van der Waals surface area contributed by atoms with Gasteiger partial charge >= 0.3 is 6.03 Å². The molecule has 0 bridgehead atoms. The molecular weight excluding hydrogens is 314 g/mol. The molecule has 0 spiro atoms. The third-order valence-corrected chi connectivity index (χ3v) is 4.33. The molecule has 25 heavy (non-hydrogen) atoms. The van der Waals surface area contributed by atoms with Gasteiger partial charge in [-0.3, -0.25) is 0 Å². The van der Waals surface area contributed by atoms with E-state index in [2.05, 4.69) is 41.4 Å². The average molecular weight is 339 g/mol. The van der Waals surface area contributed by atoms with Gasteiger partial charge < -0.3 is 19.9 Å². The number of urea groups is 1. The third-order valence-electron chi connectivity index (χ3n) is 4.33. The van der Waals surface area contributed by atoms with Crippen LogP contribution in [0.15, 0.2) is 48.5 Å². The maximum absolute atomic E-state index is 12.5. The number of nitrogens with one attached hydrogen (secondary N) is 1. The summed E-state index contributed by atoms with van der Waals surface area (Å²) in [4.78, 5) is 16.7. The second-order valence-electron chi connectivity index (χ2n) is 6.20. The molecule has 0 aliphatic carbocycles. The zero-order chi connectivity index (χ0) is 17.6. The maximum Gasteiger partial charge on any atom is 0.321 e. The molecule has 0 radical (unpaired) electrons. The number of piperazine rings is 1. The van der Waals surface area contributed by atoms with E-state index in [1.165, 1.54) is 11.3 Å². The van der Waals surface area contributed by atoms with Crippen LogP contribution >= 0.6 is 0 Å². The van der Waals surface area contributed by atoms with Crippen LogP contribution in [0, 0.1) is 6.92 Å². The molecule has 1 saturated heterocycles. The standard InChI is InChI=1S/C20H25N3O2/c1-3-25-19-9-5-7-17(15-19)21-20(24)23-12-10-22(11-13-23)18-8-4-6-16(2)14-18/h4-9,14-15H,3,10-13H2,1-2H3,(H,21,24). The number of nitrogens with zero attached hydrogens (tertiary/aromatic N) is 2. The van der Waals surface area contributed by atoms with E-state index in [9.17, 15) is 4.79 Å². The Kier molecular flexibility index (Phi) is 5.43. The van der Waals surface area contributed by atoms with Crippen LogP contribution < -0.4 is 15.0 Å². The van der Waals surface area contributed by atoms with Crippen molar-refractivity contribution in [3.63, 3.8) is 0 Å². The predicted octanol–water partition coefficient (Wildman–Crippen LogP) is 3.75. The smallest absolute Gasteiger partial charge is 0.321 e. The highest BCUT2D eigenvalue weighted by Crippen LogP contribution is 2.20. The first kappa shape index (κ1) is 17.1. The first-order valence-corrected chi connectivity index (χ1v) is 8.76. The summed E-state index contributed by atoms with van der Waals surface area (Å²) in [7, 11) is 0. The lowest BCUT2D eigenvalue weighted by Crippen LogP contribution is -2.50. The Morgan fingerprint density at radius 1 is 1.08 bits per heavy atom. The van der Waals surface area contributed by atoms with Crippen molar-refractivity contribution in [1.29, 1.82) is 0 Å². The average Bonchev–Trinajstić information content (AvgIpc) is 2.62. The molecule has 5 heteroatoms. The Morgan fingerprint density at radius 3 is 2.56 bits per heavy atom. The van der Waals surface area contributed by atoms with Crippen LogP contribution in [0.25, 0.3) is 0 Å². The first-order valence-electron chi connectivity index (χ1n) is 8.76. The maximum atomic E-state index is 12.5. The lowest BCUT2D eigenvalue weighted by Gasteiger charge is -2.36. The van der Waals surface area contributed by atoms with Crippen molar-refractivity contribution < 1.29 is 9.53 Å². The summed E-state index contributed by atoms with van der Waals surface area (Å²) in [5, 5.41) is 2.96. The predicted molar refractivity (Wildman–Crippen MR) is 102 cm³/mol. The number of ether oxygens (including phenoxy) is 1. The Hall–Kier alpha value is -2.69. The summed E-state index contributed by atoms with van der Waals surface area (Å²) < 4.78 is 5.47. The summed E-state index contributed by atoms with van der Waals surface area (Å²) in [5.74, 6) is 0.768. The van der Waals surface area contributed by atoms with E-state index in [0.29, 0.717) is 19.7 Å². The highest BCUT2D eigenvalue weighted by molar-refractivity contribution is 5.89. The van der Waals surface area contributed by atoms with Gasteiger partial charge in [0.1, 0.15) is 5.75 Å². The Labute approximate surface area is 149 Å². The Morgan fingerprint density at radius 2 is 1.84 bits per heavy atom. The van der Waals surface area contributed by atoms with Crippen molar-refractivity contribution in [2.45, 2.75) is 13.8 Å². The van der Waals surface area contributed by atoms with E-state index in [-0.39, 0.29) is 6.03 Å². The summed E-state index contributed by atoms with van der Waals surface area (Å²) in [6.07, 6.45) is 0. The molecule has 1 fully saturated rings. The van der Waals surface area contributed by atoms with E-state index in [0.717, 1.165) is 24.5 Å². The van der Waals surface area contributed by atoms with Gasteiger partial charge in [0.25, 0.3) is 0 Å². The quantitative estimate of drug-likeness (QED) is 0.923. The van der Waals surface area contributed by atoms with Gasteiger partial charge in [-0.05, 0) is 43.7 Å². The van der Waals surface area contributed by atoms with E-state index in [1.54, 1.807) is 0 Å². The van der Waals surface area contributed by atoms with Crippen LogP contribution in [0.1, 0.15) is 12.5 Å². The van der Waals surface area contributed by atoms with Crippen molar-refractivity contribution in [2.75, 3.05) is 43.0 Å². The highest BCUT2D eigenvalue weighted by atomic mass is 16.5. The van der Waals surface area contributed by atoms with Crippen molar-refractivity contribution in [3.8, 4) is 5.75 Å². The Balaban J connectivity index is 1.55. The fraction of sp³-hybridized carbons (Fsp3) is 0.350. The minimum Gasteiger partial charge on any atom is -0.494 e. The highest BCUT2D eigenvalue weighted by Gasteiger charge is 2.21. The largest absolute Gasteiger partial charge is 0.494 e. The number of anilines is 2. The van der Waals surface area contributed by atoms with Gasteiger partial charge in [-0.15, -0.1) is 0 Å². The third kappa shape index (κ3) is 4.44. The van der Waals surface area contributed by atoms with Crippen molar-refractivity contribution in [3.05, 3.63) is 54.1 Å². The molecule has 1 N–H and O–H groups in total. The van der Waals surface area contributed by atoms with Gasteiger partial charge in [0.15, 0.2) is 0 Å². The SMILES string of the molecule is CCOc1cccc(NC(=O)N2CCN(c3cccc(C)c3)CC2)c1. The van der Waals surface area contributed by atoms with Crippen LogP contribution in [-0.4, -0.2) is 43.7 Å². The lowest BCUT2D eigenvalue weighted by atomic mass is 10.2. The van der Waals surface area contributed by atoms with Crippen LogP contribution in [0.3, 0.4) is 0 Å². The Bertz CT molecular complexity index is 724. The van der Waals surface area contributed by atoms with E-state index >= 15 is 0 Å². The van der Waals surface area contributed by atoms with Gasteiger partial charge in [0.05, 0.1) is 6.61 Å². The number of carbonyl (C=O) groups is 1. The number of rotatable bonds is 4. The van der Waals surface area contributed by atoms with E-state index in [1.807, 2.05) is 36.1 Å². The summed E-state index contributed by atoms with van der Waals surface area (Å²) in [5.41, 5.74) is 3.24. The van der Waals surface area contributed by atoms with Crippen LogP contribution in [-0.2, 0) is 0 Å². The number of hydrogen-bond donors (Lipinski definition) is 1. The van der Waals surface area contributed by atoms with Crippen LogP contribution in [0.4, 0.5) is 16.2 Å². The monoisotopic (exact) mass is 339 g/mol. The fourth-order valence-electron chi connectivity index (χ4n) is 3.03. The van der Waals surface area contributed by atoms with E-state index in [4.69, 9.17) is 4.74 Å². The molecule has 0 saturated carbocycles. The van der Waals surface area contributed by atoms with Crippen LogP contribution in [0.5, 0.6) is 5.75 Å².